The van der Waals surface area contributed by atoms with E-state index in [0.29, 0.717) is 17.8 Å². The molecule has 1 N–H and O–H groups in total. The Hall–Kier alpha value is -3.06. The lowest BCUT2D eigenvalue weighted by Gasteiger charge is -2.07. The van der Waals surface area contributed by atoms with Gasteiger partial charge in [0.15, 0.2) is 9.84 Å². The van der Waals surface area contributed by atoms with Gasteiger partial charge in [0.05, 0.1) is 4.90 Å². The maximum Gasteiger partial charge on any atom is 0.256 e. The highest BCUT2D eigenvalue weighted by Gasteiger charge is 2.10. The van der Waals surface area contributed by atoms with Gasteiger partial charge in [0.2, 0.25) is 0 Å². The van der Waals surface area contributed by atoms with E-state index >= 15 is 0 Å². The van der Waals surface area contributed by atoms with Gasteiger partial charge in [-0.1, -0.05) is 18.2 Å². The SMILES string of the molecule is CS(=O)(=O)c1ccc(C(=O)Nc2ccc(Cc3cccc(F)c3)cn2)cc1. The number of carbonyl (C=O) groups is 1. The average molecular weight is 384 g/mol. The summed E-state index contributed by atoms with van der Waals surface area (Å²) in [7, 11) is -3.31. The highest BCUT2D eigenvalue weighted by Crippen LogP contribution is 2.14. The third-order valence-electron chi connectivity index (χ3n) is 3.91. The summed E-state index contributed by atoms with van der Waals surface area (Å²) in [5, 5.41) is 2.66. The van der Waals surface area contributed by atoms with E-state index in [1.807, 2.05) is 6.07 Å². The standard InChI is InChI=1S/C20H17FN2O3S/c1-27(25,26)18-8-6-16(7-9-18)20(24)23-19-10-5-15(13-22-19)11-14-3-2-4-17(21)12-14/h2-10,12-13H,11H2,1H3,(H,22,23,24). The van der Waals surface area contributed by atoms with Crippen LogP contribution in [-0.2, 0) is 16.3 Å². The first-order valence-corrected chi connectivity index (χ1v) is 10.0. The van der Waals surface area contributed by atoms with Crippen LogP contribution in [0.3, 0.4) is 0 Å². The number of benzene rings is 2. The Balaban J connectivity index is 1.66. The van der Waals surface area contributed by atoms with Crippen molar-refractivity contribution in [3.05, 3.63) is 89.4 Å². The Morgan fingerprint density at radius 2 is 1.78 bits per heavy atom. The van der Waals surface area contributed by atoms with Crippen LogP contribution in [0.4, 0.5) is 10.2 Å². The van der Waals surface area contributed by atoms with Gasteiger partial charge in [-0.3, -0.25) is 4.79 Å². The van der Waals surface area contributed by atoms with Gasteiger partial charge < -0.3 is 5.32 Å². The number of carbonyl (C=O) groups excluding carboxylic acids is 1. The Kier molecular flexibility index (Phi) is 5.32. The van der Waals surface area contributed by atoms with Crippen molar-refractivity contribution in [3.63, 3.8) is 0 Å². The van der Waals surface area contributed by atoms with Gasteiger partial charge in [-0.25, -0.2) is 17.8 Å². The Morgan fingerprint density at radius 3 is 2.37 bits per heavy atom. The monoisotopic (exact) mass is 384 g/mol. The summed E-state index contributed by atoms with van der Waals surface area (Å²) in [4.78, 5) is 16.6. The first-order valence-electron chi connectivity index (χ1n) is 8.12. The van der Waals surface area contributed by atoms with Crippen LogP contribution in [-0.4, -0.2) is 25.6 Å². The lowest BCUT2D eigenvalue weighted by Crippen LogP contribution is -2.13. The predicted molar refractivity (Wildman–Crippen MR) is 101 cm³/mol. The number of amides is 1. The van der Waals surface area contributed by atoms with Gasteiger partial charge in [-0.2, -0.15) is 0 Å². The zero-order valence-corrected chi connectivity index (χ0v) is 15.3. The zero-order chi connectivity index (χ0) is 19.4. The van der Waals surface area contributed by atoms with E-state index in [-0.39, 0.29) is 16.6 Å². The van der Waals surface area contributed by atoms with Crippen molar-refractivity contribution < 1.29 is 17.6 Å². The van der Waals surface area contributed by atoms with E-state index in [4.69, 9.17) is 0 Å². The third kappa shape index (κ3) is 4.98. The first-order chi connectivity index (χ1) is 12.8. The quantitative estimate of drug-likeness (QED) is 0.731. The van der Waals surface area contributed by atoms with Crippen molar-refractivity contribution >= 4 is 21.6 Å². The molecule has 3 aromatic rings. The van der Waals surface area contributed by atoms with Gasteiger partial charge in [0.1, 0.15) is 11.6 Å². The van der Waals surface area contributed by atoms with Crippen molar-refractivity contribution in [2.75, 3.05) is 11.6 Å². The predicted octanol–water partition coefficient (Wildman–Crippen LogP) is 3.47. The van der Waals surface area contributed by atoms with Crippen LogP contribution >= 0.6 is 0 Å². The molecule has 0 radical (unpaired) electrons. The Morgan fingerprint density at radius 1 is 1.04 bits per heavy atom. The van der Waals surface area contributed by atoms with Gasteiger partial charge in [-0.05, 0) is 60.0 Å². The maximum absolute atomic E-state index is 13.2. The van der Waals surface area contributed by atoms with Crippen molar-refractivity contribution in [2.24, 2.45) is 0 Å². The van der Waals surface area contributed by atoms with Crippen LogP contribution < -0.4 is 5.32 Å². The molecule has 0 aliphatic carbocycles. The van der Waals surface area contributed by atoms with Crippen LogP contribution in [0.2, 0.25) is 0 Å². The molecule has 0 bridgehead atoms. The molecule has 0 spiro atoms. The minimum Gasteiger partial charge on any atom is -0.307 e. The first kappa shape index (κ1) is 18.7. The zero-order valence-electron chi connectivity index (χ0n) is 14.5. The normalized spacial score (nSPS) is 11.2. The number of sulfone groups is 1. The third-order valence-corrected chi connectivity index (χ3v) is 5.04. The minimum atomic E-state index is -3.31. The smallest absolute Gasteiger partial charge is 0.256 e. The van der Waals surface area contributed by atoms with Gasteiger partial charge in [0.25, 0.3) is 5.91 Å². The van der Waals surface area contributed by atoms with E-state index in [0.717, 1.165) is 17.4 Å². The fourth-order valence-corrected chi connectivity index (χ4v) is 3.16. The van der Waals surface area contributed by atoms with Crippen molar-refractivity contribution in [1.82, 2.24) is 4.98 Å². The lowest BCUT2D eigenvalue weighted by atomic mass is 10.1. The summed E-state index contributed by atoms with van der Waals surface area (Å²) >= 11 is 0. The molecule has 27 heavy (non-hydrogen) atoms. The second-order valence-corrected chi connectivity index (χ2v) is 8.12. The van der Waals surface area contributed by atoms with Gasteiger partial charge >= 0.3 is 0 Å². The summed E-state index contributed by atoms with van der Waals surface area (Å²) < 4.78 is 36.1. The highest BCUT2D eigenvalue weighted by atomic mass is 32.2. The fourth-order valence-electron chi connectivity index (χ4n) is 2.53. The second-order valence-electron chi connectivity index (χ2n) is 6.11. The molecule has 3 rings (SSSR count). The summed E-state index contributed by atoms with van der Waals surface area (Å²) in [5.41, 5.74) is 2.05. The Labute approximate surface area is 156 Å². The number of rotatable bonds is 5. The number of halogens is 1. The van der Waals surface area contributed by atoms with Gasteiger partial charge in [0, 0.05) is 18.0 Å². The second kappa shape index (κ2) is 7.67. The Bertz CT molecular complexity index is 1060. The molecular weight excluding hydrogens is 367 g/mol. The molecule has 0 unspecified atom stereocenters. The summed E-state index contributed by atoms with van der Waals surface area (Å²) in [6, 6.07) is 15.5. The summed E-state index contributed by atoms with van der Waals surface area (Å²) in [6.45, 7) is 0. The molecule has 1 heterocycles. The van der Waals surface area contributed by atoms with E-state index in [2.05, 4.69) is 10.3 Å². The average Bonchev–Trinajstić information content (AvgIpc) is 2.63. The fraction of sp³-hybridized carbons (Fsp3) is 0.100. The molecule has 0 fully saturated rings. The van der Waals surface area contributed by atoms with E-state index in [1.54, 1.807) is 24.4 Å². The van der Waals surface area contributed by atoms with Crippen molar-refractivity contribution in [2.45, 2.75) is 11.3 Å². The van der Waals surface area contributed by atoms with Crippen LogP contribution in [0.25, 0.3) is 0 Å². The van der Waals surface area contributed by atoms with Crippen molar-refractivity contribution in [3.8, 4) is 0 Å². The minimum absolute atomic E-state index is 0.152. The molecule has 138 valence electrons. The van der Waals surface area contributed by atoms with Crippen molar-refractivity contribution in [1.29, 1.82) is 0 Å². The molecule has 0 saturated heterocycles. The van der Waals surface area contributed by atoms with Crippen LogP contribution in [0, 0.1) is 5.82 Å². The summed E-state index contributed by atoms with van der Waals surface area (Å²) in [6.07, 6.45) is 3.26. The van der Waals surface area contributed by atoms with E-state index in [9.17, 15) is 17.6 Å². The molecule has 7 heteroatoms. The lowest BCUT2D eigenvalue weighted by molar-refractivity contribution is 0.102. The van der Waals surface area contributed by atoms with Crippen LogP contribution in [0.15, 0.2) is 71.8 Å². The number of pyridine rings is 1. The molecule has 5 nitrogen and oxygen atoms in total. The van der Waals surface area contributed by atoms with Crippen LogP contribution in [0.5, 0.6) is 0 Å². The largest absolute Gasteiger partial charge is 0.307 e. The van der Waals surface area contributed by atoms with E-state index < -0.39 is 9.84 Å². The molecule has 0 aliphatic heterocycles. The number of anilines is 1. The maximum atomic E-state index is 13.2. The summed E-state index contributed by atoms with van der Waals surface area (Å²) in [5.74, 6) is -0.304. The molecular formula is C20H17FN2O3S. The number of nitrogens with zero attached hydrogens (tertiary/aromatic N) is 1. The number of nitrogens with one attached hydrogen (secondary N) is 1. The van der Waals surface area contributed by atoms with E-state index in [1.165, 1.54) is 36.4 Å². The van der Waals surface area contributed by atoms with Gasteiger partial charge in [-0.15, -0.1) is 0 Å². The van der Waals surface area contributed by atoms with Crippen LogP contribution in [0.1, 0.15) is 21.5 Å². The number of hydrogen-bond donors (Lipinski definition) is 1. The molecule has 0 atom stereocenters. The molecule has 1 amide bonds. The molecule has 1 aromatic heterocycles. The number of hydrogen-bond acceptors (Lipinski definition) is 4. The molecule has 0 aliphatic rings. The molecule has 2 aromatic carbocycles. The molecule has 0 saturated carbocycles. The number of aromatic nitrogens is 1. The highest BCUT2D eigenvalue weighted by molar-refractivity contribution is 7.90. The topological polar surface area (TPSA) is 76.1 Å².